The molecule has 2 rings (SSSR count). The molecule has 0 aromatic heterocycles. The van der Waals surface area contributed by atoms with E-state index < -0.39 is 11.9 Å². The molecular weight excluding hydrogens is 318 g/mol. The van der Waals surface area contributed by atoms with Gasteiger partial charge in [-0.05, 0) is 18.6 Å². The summed E-state index contributed by atoms with van der Waals surface area (Å²) >= 11 is 6.25. The summed E-state index contributed by atoms with van der Waals surface area (Å²) in [7, 11) is 0. The maximum absolute atomic E-state index is 12.4. The summed E-state index contributed by atoms with van der Waals surface area (Å²) in [5.41, 5.74) is 12.5. The molecule has 7 heteroatoms. The van der Waals surface area contributed by atoms with Gasteiger partial charge >= 0.3 is 5.97 Å². The Labute approximate surface area is 138 Å². The van der Waals surface area contributed by atoms with E-state index in [0.29, 0.717) is 22.4 Å². The SMILES string of the molecule is CCOC(=O)C1=C(C=O)N=C(N)/C(=C\N)C1c1ccccc1Cl. The van der Waals surface area contributed by atoms with Crippen molar-refractivity contribution in [1.82, 2.24) is 0 Å². The molecule has 120 valence electrons. The van der Waals surface area contributed by atoms with Crippen LogP contribution in [0.1, 0.15) is 18.4 Å². The van der Waals surface area contributed by atoms with Crippen LogP contribution in [0.15, 0.2) is 52.3 Å². The lowest BCUT2D eigenvalue weighted by Crippen LogP contribution is -2.30. The van der Waals surface area contributed by atoms with Crippen LogP contribution in [-0.2, 0) is 14.3 Å². The van der Waals surface area contributed by atoms with E-state index in [-0.39, 0.29) is 23.7 Å². The molecule has 0 aliphatic carbocycles. The molecule has 1 heterocycles. The molecule has 1 aromatic carbocycles. The van der Waals surface area contributed by atoms with Gasteiger partial charge in [-0.25, -0.2) is 9.79 Å². The highest BCUT2D eigenvalue weighted by Crippen LogP contribution is 2.40. The van der Waals surface area contributed by atoms with Gasteiger partial charge in [0.15, 0.2) is 6.29 Å². The van der Waals surface area contributed by atoms with Gasteiger partial charge in [-0.3, -0.25) is 4.79 Å². The Bertz CT molecular complexity index is 738. The number of benzene rings is 1. The minimum absolute atomic E-state index is 0.0626. The number of amidine groups is 1. The van der Waals surface area contributed by atoms with Gasteiger partial charge in [-0.2, -0.15) is 0 Å². The molecule has 1 aliphatic heterocycles. The Morgan fingerprint density at radius 2 is 2.13 bits per heavy atom. The molecule has 1 aliphatic rings. The minimum Gasteiger partial charge on any atom is -0.463 e. The summed E-state index contributed by atoms with van der Waals surface area (Å²) in [6.45, 7) is 1.83. The molecule has 0 bridgehead atoms. The zero-order valence-electron chi connectivity index (χ0n) is 12.5. The Hall–Kier alpha value is -2.60. The molecule has 0 saturated heterocycles. The highest BCUT2D eigenvalue weighted by Gasteiger charge is 2.36. The number of aldehydes is 1. The van der Waals surface area contributed by atoms with Gasteiger partial charge in [0.05, 0.1) is 12.2 Å². The van der Waals surface area contributed by atoms with Crippen molar-refractivity contribution in [3.8, 4) is 0 Å². The lowest BCUT2D eigenvalue weighted by atomic mass is 9.81. The lowest BCUT2D eigenvalue weighted by Gasteiger charge is -2.27. The lowest BCUT2D eigenvalue weighted by molar-refractivity contribution is -0.139. The molecule has 1 aromatic rings. The van der Waals surface area contributed by atoms with Gasteiger partial charge in [0, 0.05) is 22.7 Å². The third-order valence-electron chi connectivity index (χ3n) is 3.42. The molecular formula is C16H16ClN3O3. The second-order valence-corrected chi connectivity index (χ2v) is 5.12. The van der Waals surface area contributed by atoms with Crippen molar-refractivity contribution in [1.29, 1.82) is 0 Å². The minimum atomic E-state index is -0.717. The van der Waals surface area contributed by atoms with Crippen LogP contribution in [0.4, 0.5) is 0 Å². The van der Waals surface area contributed by atoms with Gasteiger partial charge in [-0.15, -0.1) is 0 Å². The van der Waals surface area contributed by atoms with Crippen LogP contribution in [0.5, 0.6) is 0 Å². The highest BCUT2D eigenvalue weighted by atomic mass is 35.5. The van der Waals surface area contributed by atoms with Crippen LogP contribution in [0.3, 0.4) is 0 Å². The number of hydrogen-bond acceptors (Lipinski definition) is 6. The number of carbonyl (C=O) groups is 2. The number of halogens is 1. The van der Waals surface area contributed by atoms with E-state index in [2.05, 4.69) is 4.99 Å². The van der Waals surface area contributed by atoms with Crippen LogP contribution < -0.4 is 11.5 Å². The summed E-state index contributed by atoms with van der Waals surface area (Å²) in [6, 6.07) is 6.93. The predicted octanol–water partition coefficient (Wildman–Crippen LogP) is 1.65. The number of esters is 1. The molecule has 0 fully saturated rings. The van der Waals surface area contributed by atoms with Crippen molar-refractivity contribution >= 4 is 29.7 Å². The van der Waals surface area contributed by atoms with Crippen molar-refractivity contribution in [2.24, 2.45) is 16.5 Å². The third-order valence-corrected chi connectivity index (χ3v) is 3.76. The van der Waals surface area contributed by atoms with E-state index in [9.17, 15) is 9.59 Å². The number of hydrogen-bond donors (Lipinski definition) is 2. The maximum Gasteiger partial charge on any atom is 0.337 e. The van der Waals surface area contributed by atoms with Gasteiger partial charge in [-0.1, -0.05) is 29.8 Å². The van der Waals surface area contributed by atoms with Crippen molar-refractivity contribution < 1.29 is 14.3 Å². The molecule has 4 N–H and O–H groups in total. The first-order valence-electron chi connectivity index (χ1n) is 6.92. The van der Waals surface area contributed by atoms with Gasteiger partial charge in [0.25, 0.3) is 0 Å². The Kier molecular flexibility index (Phi) is 5.18. The van der Waals surface area contributed by atoms with Crippen molar-refractivity contribution in [3.05, 3.63) is 57.9 Å². The number of ether oxygens (including phenoxy) is 1. The zero-order chi connectivity index (χ0) is 17.0. The first-order chi connectivity index (χ1) is 11.0. The average Bonchev–Trinajstić information content (AvgIpc) is 2.54. The second-order valence-electron chi connectivity index (χ2n) is 4.71. The average molecular weight is 334 g/mol. The summed E-state index contributed by atoms with van der Waals surface area (Å²) in [6.07, 6.45) is 1.73. The molecule has 6 nitrogen and oxygen atoms in total. The van der Waals surface area contributed by atoms with Gasteiger partial charge in [0.2, 0.25) is 0 Å². The summed E-state index contributed by atoms with van der Waals surface area (Å²) in [5, 5.41) is 0.415. The number of rotatable bonds is 4. The third kappa shape index (κ3) is 3.12. The van der Waals surface area contributed by atoms with Crippen LogP contribution in [0, 0.1) is 0 Å². The smallest absolute Gasteiger partial charge is 0.337 e. The van der Waals surface area contributed by atoms with Crippen molar-refractivity contribution in [3.63, 3.8) is 0 Å². The van der Waals surface area contributed by atoms with Gasteiger partial charge in [0.1, 0.15) is 11.5 Å². The fourth-order valence-corrected chi connectivity index (χ4v) is 2.69. The van der Waals surface area contributed by atoms with E-state index in [0.717, 1.165) is 0 Å². The monoisotopic (exact) mass is 333 g/mol. The van der Waals surface area contributed by atoms with Gasteiger partial charge < -0.3 is 16.2 Å². The molecule has 23 heavy (non-hydrogen) atoms. The molecule has 0 amide bonds. The Morgan fingerprint density at radius 3 is 2.70 bits per heavy atom. The number of aliphatic imine (C=N–C) groups is 1. The first kappa shape index (κ1) is 16.8. The van der Waals surface area contributed by atoms with Crippen molar-refractivity contribution in [2.45, 2.75) is 12.8 Å². The number of carbonyl (C=O) groups excluding carboxylic acids is 2. The fraction of sp³-hybridized carbons (Fsp3) is 0.188. The van der Waals surface area contributed by atoms with E-state index >= 15 is 0 Å². The van der Waals surface area contributed by atoms with E-state index in [1.807, 2.05) is 0 Å². The second kappa shape index (κ2) is 7.11. The predicted molar refractivity (Wildman–Crippen MR) is 87.8 cm³/mol. The summed E-state index contributed by atoms with van der Waals surface area (Å²) in [5.74, 6) is -1.31. The van der Waals surface area contributed by atoms with E-state index in [1.165, 1.54) is 6.20 Å². The molecule has 1 atom stereocenters. The Morgan fingerprint density at radius 1 is 1.43 bits per heavy atom. The van der Waals surface area contributed by atoms with E-state index in [1.54, 1.807) is 31.2 Å². The Balaban J connectivity index is 2.73. The first-order valence-corrected chi connectivity index (χ1v) is 7.30. The van der Waals surface area contributed by atoms with Crippen molar-refractivity contribution in [2.75, 3.05) is 6.61 Å². The number of allylic oxidation sites excluding steroid dienone is 1. The number of nitrogens with zero attached hydrogens (tertiary/aromatic N) is 1. The zero-order valence-corrected chi connectivity index (χ0v) is 13.2. The maximum atomic E-state index is 12.4. The fourth-order valence-electron chi connectivity index (χ4n) is 2.44. The van der Waals surface area contributed by atoms with E-state index in [4.69, 9.17) is 27.8 Å². The van der Waals surface area contributed by atoms with Crippen LogP contribution in [0.2, 0.25) is 5.02 Å². The number of nitrogens with two attached hydrogens (primary N) is 2. The highest BCUT2D eigenvalue weighted by molar-refractivity contribution is 6.31. The molecule has 0 spiro atoms. The van der Waals surface area contributed by atoms with Crippen LogP contribution >= 0.6 is 11.6 Å². The molecule has 0 radical (unpaired) electrons. The summed E-state index contributed by atoms with van der Waals surface area (Å²) < 4.78 is 5.06. The summed E-state index contributed by atoms with van der Waals surface area (Å²) in [4.78, 5) is 27.7. The van der Waals surface area contributed by atoms with Crippen LogP contribution in [0.25, 0.3) is 0 Å². The molecule has 0 saturated carbocycles. The quantitative estimate of drug-likeness (QED) is 0.643. The largest absolute Gasteiger partial charge is 0.463 e. The normalized spacial score (nSPS) is 19.5. The van der Waals surface area contributed by atoms with Crippen LogP contribution in [-0.4, -0.2) is 24.7 Å². The topological polar surface area (TPSA) is 108 Å². The standard InChI is InChI=1S/C16H16ClN3O3/c1-2-23-16(22)14-12(8-21)20-15(19)10(7-18)13(14)9-5-3-4-6-11(9)17/h3-8,13H,2,18H2,1H3,(H2,19,20)/b10-7-. The molecule has 1 unspecified atom stereocenters.